The number of nitrogens with zero attached hydrogens (tertiary/aromatic N) is 1. The van der Waals surface area contributed by atoms with E-state index in [0.29, 0.717) is 18.0 Å². The first-order valence-electron chi connectivity index (χ1n) is 5.68. The third kappa shape index (κ3) is 4.40. The summed E-state index contributed by atoms with van der Waals surface area (Å²) in [4.78, 5) is 15.6. The van der Waals surface area contributed by atoms with E-state index in [9.17, 15) is 9.90 Å². The Balaban J connectivity index is 2.64. The van der Waals surface area contributed by atoms with Crippen LogP contribution in [0.5, 0.6) is 5.75 Å². The molecule has 0 saturated heterocycles. The Morgan fingerprint density at radius 3 is 2.76 bits per heavy atom. The van der Waals surface area contributed by atoms with E-state index in [1.807, 2.05) is 0 Å². The van der Waals surface area contributed by atoms with Crippen LogP contribution >= 0.6 is 0 Å². The number of hydrogen-bond donors (Lipinski definition) is 3. The first kappa shape index (κ1) is 13.4. The first-order valence-corrected chi connectivity index (χ1v) is 5.68. The van der Waals surface area contributed by atoms with Crippen molar-refractivity contribution in [3.63, 3.8) is 0 Å². The molecule has 0 radical (unpaired) electrons. The molecule has 1 amide bonds. The molecule has 5 heteroatoms. The average molecular weight is 237 g/mol. The van der Waals surface area contributed by atoms with Crippen LogP contribution in [0, 0.1) is 5.92 Å². The fourth-order valence-electron chi connectivity index (χ4n) is 1.60. The number of amides is 1. The minimum Gasteiger partial charge on any atom is -0.506 e. The first-order chi connectivity index (χ1) is 8.02. The zero-order chi connectivity index (χ0) is 12.8. The standard InChI is InChI=1S/C12H19N3O2/c1-8(2)3-10(5-13)15-12(17)9-4-11(16)7-14-6-9/h4,6-8,10,16H,3,5,13H2,1-2H3,(H,15,17). The van der Waals surface area contributed by atoms with Crippen LogP contribution in [-0.2, 0) is 0 Å². The third-order valence-electron chi connectivity index (χ3n) is 2.36. The Morgan fingerprint density at radius 2 is 2.24 bits per heavy atom. The fourth-order valence-corrected chi connectivity index (χ4v) is 1.60. The molecule has 0 aromatic carbocycles. The number of hydrogen-bond acceptors (Lipinski definition) is 4. The van der Waals surface area contributed by atoms with Crippen LogP contribution in [0.4, 0.5) is 0 Å². The second-order valence-electron chi connectivity index (χ2n) is 4.47. The van der Waals surface area contributed by atoms with E-state index in [1.54, 1.807) is 0 Å². The molecule has 1 unspecified atom stereocenters. The highest BCUT2D eigenvalue weighted by molar-refractivity contribution is 5.94. The molecule has 0 spiro atoms. The molecule has 1 rings (SSSR count). The number of aromatic nitrogens is 1. The van der Waals surface area contributed by atoms with Gasteiger partial charge in [0.15, 0.2) is 0 Å². The van der Waals surface area contributed by atoms with Crippen LogP contribution < -0.4 is 11.1 Å². The van der Waals surface area contributed by atoms with Gasteiger partial charge in [0.2, 0.25) is 0 Å². The Hall–Kier alpha value is -1.62. The van der Waals surface area contributed by atoms with Gasteiger partial charge in [-0.3, -0.25) is 9.78 Å². The largest absolute Gasteiger partial charge is 0.506 e. The molecule has 0 bridgehead atoms. The highest BCUT2D eigenvalue weighted by Crippen LogP contribution is 2.09. The summed E-state index contributed by atoms with van der Waals surface area (Å²) in [7, 11) is 0. The van der Waals surface area contributed by atoms with Gasteiger partial charge >= 0.3 is 0 Å². The number of nitrogens with one attached hydrogen (secondary N) is 1. The minimum atomic E-state index is -0.260. The van der Waals surface area contributed by atoms with Crippen molar-refractivity contribution >= 4 is 5.91 Å². The maximum absolute atomic E-state index is 11.8. The van der Waals surface area contributed by atoms with Crippen molar-refractivity contribution in [2.24, 2.45) is 11.7 Å². The van der Waals surface area contributed by atoms with Gasteiger partial charge in [-0.1, -0.05) is 13.8 Å². The van der Waals surface area contributed by atoms with Crippen LogP contribution in [-0.4, -0.2) is 28.6 Å². The molecule has 94 valence electrons. The zero-order valence-corrected chi connectivity index (χ0v) is 10.2. The Labute approximate surface area is 101 Å². The SMILES string of the molecule is CC(C)CC(CN)NC(=O)c1cncc(O)c1. The van der Waals surface area contributed by atoms with E-state index in [-0.39, 0.29) is 17.7 Å². The maximum atomic E-state index is 11.8. The molecular formula is C12H19N3O2. The summed E-state index contributed by atoms with van der Waals surface area (Å²) in [5.74, 6) is 0.182. The molecular weight excluding hydrogens is 218 g/mol. The van der Waals surface area contributed by atoms with E-state index in [0.717, 1.165) is 6.42 Å². The second-order valence-corrected chi connectivity index (χ2v) is 4.47. The van der Waals surface area contributed by atoms with Crippen molar-refractivity contribution in [2.75, 3.05) is 6.54 Å². The van der Waals surface area contributed by atoms with E-state index in [4.69, 9.17) is 5.73 Å². The summed E-state index contributed by atoms with van der Waals surface area (Å²) in [5, 5.41) is 12.1. The molecule has 1 aromatic rings. The second kappa shape index (κ2) is 6.20. The van der Waals surface area contributed by atoms with Crippen molar-refractivity contribution in [3.05, 3.63) is 24.0 Å². The van der Waals surface area contributed by atoms with Gasteiger partial charge in [0, 0.05) is 18.8 Å². The van der Waals surface area contributed by atoms with Gasteiger partial charge in [-0.05, 0) is 18.4 Å². The van der Waals surface area contributed by atoms with Crippen molar-refractivity contribution < 1.29 is 9.90 Å². The Kier molecular flexibility index (Phi) is 4.90. The number of pyridine rings is 1. The number of nitrogens with two attached hydrogens (primary N) is 1. The van der Waals surface area contributed by atoms with E-state index in [2.05, 4.69) is 24.1 Å². The summed E-state index contributed by atoms with van der Waals surface area (Å²) in [5.41, 5.74) is 5.94. The average Bonchev–Trinajstić information content (AvgIpc) is 2.27. The topological polar surface area (TPSA) is 88.2 Å². The van der Waals surface area contributed by atoms with Crippen molar-refractivity contribution in [1.82, 2.24) is 10.3 Å². The predicted octanol–water partition coefficient (Wildman–Crippen LogP) is 0.890. The van der Waals surface area contributed by atoms with Gasteiger partial charge in [-0.15, -0.1) is 0 Å². The van der Waals surface area contributed by atoms with Crippen molar-refractivity contribution in [3.8, 4) is 5.75 Å². The summed E-state index contributed by atoms with van der Waals surface area (Å²) >= 11 is 0. The lowest BCUT2D eigenvalue weighted by atomic mass is 10.0. The number of rotatable bonds is 5. The number of carbonyl (C=O) groups excluding carboxylic acids is 1. The van der Waals surface area contributed by atoms with Gasteiger partial charge < -0.3 is 16.2 Å². The van der Waals surface area contributed by atoms with Crippen LogP contribution in [0.15, 0.2) is 18.5 Å². The van der Waals surface area contributed by atoms with Gasteiger partial charge in [0.1, 0.15) is 5.75 Å². The maximum Gasteiger partial charge on any atom is 0.253 e. The Bertz CT molecular complexity index is 380. The number of aromatic hydroxyl groups is 1. The molecule has 1 atom stereocenters. The lowest BCUT2D eigenvalue weighted by Crippen LogP contribution is -2.41. The minimum absolute atomic E-state index is 0.0224. The molecule has 17 heavy (non-hydrogen) atoms. The quantitative estimate of drug-likeness (QED) is 0.709. The fraction of sp³-hybridized carbons (Fsp3) is 0.500. The summed E-state index contributed by atoms with van der Waals surface area (Å²) in [6, 6.07) is 1.33. The molecule has 4 N–H and O–H groups in total. The number of carbonyl (C=O) groups is 1. The summed E-state index contributed by atoms with van der Waals surface area (Å²) in [6.07, 6.45) is 3.53. The van der Waals surface area contributed by atoms with Gasteiger partial charge in [-0.25, -0.2) is 0 Å². The van der Waals surface area contributed by atoms with Crippen molar-refractivity contribution in [2.45, 2.75) is 26.3 Å². The van der Waals surface area contributed by atoms with E-state index < -0.39 is 0 Å². The molecule has 0 saturated carbocycles. The van der Waals surface area contributed by atoms with Crippen molar-refractivity contribution in [1.29, 1.82) is 0 Å². The molecule has 1 aromatic heterocycles. The van der Waals surface area contributed by atoms with Gasteiger partial charge in [0.05, 0.1) is 11.8 Å². The third-order valence-corrected chi connectivity index (χ3v) is 2.36. The van der Waals surface area contributed by atoms with Crippen LogP contribution in [0.1, 0.15) is 30.6 Å². The predicted molar refractivity (Wildman–Crippen MR) is 65.7 cm³/mol. The molecule has 1 heterocycles. The molecule has 0 aliphatic rings. The summed E-state index contributed by atoms with van der Waals surface area (Å²) < 4.78 is 0. The van der Waals surface area contributed by atoms with E-state index >= 15 is 0 Å². The molecule has 0 fully saturated rings. The monoisotopic (exact) mass is 237 g/mol. The molecule has 0 aliphatic carbocycles. The molecule has 0 aliphatic heterocycles. The smallest absolute Gasteiger partial charge is 0.253 e. The van der Waals surface area contributed by atoms with Gasteiger partial charge in [0.25, 0.3) is 5.91 Å². The lowest BCUT2D eigenvalue weighted by Gasteiger charge is -2.18. The van der Waals surface area contributed by atoms with Gasteiger partial charge in [-0.2, -0.15) is 0 Å². The zero-order valence-electron chi connectivity index (χ0n) is 10.2. The van der Waals surface area contributed by atoms with Crippen LogP contribution in [0.2, 0.25) is 0 Å². The lowest BCUT2D eigenvalue weighted by molar-refractivity contribution is 0.0933. The Morgan fingerprint density at radius 1 is 1.53 bits per heavy atom. The molecule has 5 nitrogen and oxygen atoms in total. The van der Waals surface area contributed by atoms with Crippen LogP contribution in [0.3, 0.4) is 0 Å². The van der Waals surface area contributed by atoms with Crippen LogP contribution in [0.25, 0.3) is 0 Å². The normalized spacial score (nSPS) is 12.5. The highest BCUT2D eigenvalue weighted by atomic mass is 16.3. The highest BCUT2D eigenvalue weighted by Gasteiger charge is 2.14. The summed E-state index contributed by atoms with van der Waals surface area (Å²) in [6.45, 7) is 4.55. The van der Waals surface area contributed by atoms with E-state index in [1.165, 1.54) is 18.5 Å².